The summed E-state index contributed by atoms with van der Waals surface area (Å²) in [7, 11) is 0. The van der Waals surface area contributed by atoms with Crippen LogP contribution < -0.4 is 0 Å². The molecule has 0 aliphatic carbocycles. The van der Waals surface area contributed by atoms with Gasteiger partial charge in [0.2, 0.25) is 0 Å². The Labute approximate surface area is 99.6 Å². The molecule has 0 aliphatic rings. The highest BCUT2D eigenvalue weighted by Gasteiger charge is 2.19. The van der Waals surface area contributed by atoms with E-state index in [0.29, 0.717) is 0 Å². The first-order valence-corrected chi connectivity index (χ1v) is 6.26. The van der Waals surface area contributed by atoms with E-state index in [0.717, 1.165) is 0 Å². The van der Waals surface area contributed by atoms with Crippen molar-refractivity contribution in [2.75, 3.05) is 10.7 Å². The van der Waals surface area contributed by atoms with E-state index in [9.17, 15) is 9.59 Å². The van der Waals surface area contributed by atoms with E-state index in [2.05, 4.69) is 31.9 Å². The molecule has 0 amide bonds. The van der Waals surface area contributed by atoms with Crippen LogP contribution in [-0.4, -0.2) is 34.8 Å². The number of hydrogen-bond acceptors (Lipinski definition) is 4. The number of ether oxygens (including phenoxy) is 2. The highest BCUT2D eigenvalue weighted by molar-refractivity contribution is 9.09. The minimum atomic E-state index is -0.442. The number of carbonyl (C=O) groups excluding carboxylic acids is 2. The molecule has 82 valence electrons. The molecule has 0 aromatic rings. The van der Waals surface area contributed by atoms with E-state index in [1.165, 1.54) is 0 Å². The van der Waals surface area contributed by atoms with E-state index in [1.54, 1.807) is 13.8 Å². The molecule has 2 atom stereocenters. The topological polar surface area (TPSA) is 52.6 Å². The number of hydrogen-bond donors (Lipinski definition) is 0. The summed E-state index contributed by atoms with van der Waals surface area (Å²) in [6, 6.07) is 0. The second-order valence-electron chi connectivity index (χ2n) is 2.66. The van der Waals surface area contributed by atoms with Gasteiger partial charge in [0.15, 0.2) is 0 Å². The zero-order chi connectivity index (χ0) is 11.1. The van der Waals surface area contributed by atoms with Crippen molar-refractivity contribution in [3.63, 3.8) is 0 Å². The first-order chi connectivity index (χ1) is 6.51. The third-order valence-electron chi connectivity index (χ3n) is 1.51. The summed E-state index contributed by atoms with van der Waals surface area (Å²) in [5.41, 5.74) is 0. The lowest BCUT2D eigenvalue weighted by Gasteiger charge is -2.19. The molecule has 0 aromatic heterocycles. The van der Waals surface area contributed by atoms with E-state index >= 15 is 0 Å². The predicted octanol–water partition coefficient (Wildman–Crippen LogP) is 1.64. The van der Waals surface area contributed by atoms with Crippen LogP contribution in [0.5, 0.6) is 0 Å². The number of rotatable bonds is 5. The fraction of sp³-hybridized carbons (Fsp3) is 0.750. The van der Waals surface area contributed by atoms with Gasteiger partial charge >= 0.3 is 11.9 Å². The minimum Gasteiger partial charge on any atom is -0.458 e. The summed E-state index contributed by atoms with van der Waals surface area (Å²) >= 11 is 5.93. The van der Waals surface area contributed by atoms with Crippen LogP contribution in [0, 0.1) is 0 Å². The first-order valence-electron chi connectivity index (χ1n) is 4.02. The zero-order valence-corrected chi connectivity index (χ0v) is 11.1. The summed E-state index contributed by atoms with van der Waals surface area (Å²) < 4.78 is 9.86. The van der Waals surface area contributed by atoms with E-state index < -0.39 is 12.2 Å². The third-order valence-corrected chi connectivity index (χ3v) is 2.43. The summed E-state index contributed by atoms with van der Waals surface area (Å²) in [6.45, 7) is 3.35. The van der Waals surface area contributed by atoms with Gasteiger partial charge in [0, 0.05) is 0 Å². The van der Waals surface area contributed by atoms with Crippen LogP contribution in [0.1, 0.15) is 13.8 Å². The van der Waals surface area contributed by atoms with Crippen LogP contribution in [0.3, 0.4) is 0 Å². The summed E-state index contributed by atoms with van der Waals surface area (Å²) in [4.78, 5) is 21.7. The molecule has 0 radical (unpaired) electrons. The second kappa shape index (κ2) is 7.23. The van der Waals surface area contributed by atoms with Crippen LogP contribution >= 0.6 is 31.9 Å². The molecule has 0 rings (SSSR count). The fourth-order valence-corrected chi connectivity index (χ4v) is 0.934. The number of halogens is 2. The Hall–Kier alpha value is -0.100. The van der Waals surface area contributed by atoms with Gasteiger partial charge in [-0.2, -0.15) is 0 Å². The van der Waals surface area contributed by atoms with Gasteiger partial charge in [-0.05, 0) is 13.8 Å². The maximum absolute atomic E-state index is 10.9. The minimum absolute atomic E-state index is 0.135. The summed E-state index contributed by atoms with van der Waals surface area (Å²) in [5.74, 6) is -0.751. The fourth-order valence-electron chi connectivity index (χ4n) is 0.669. The molecular formula is C8H12Br2O4. The Morgan fingerprint density at radius 2 is 1.29 bits per heavy atom. The van der Waals surface area contributed by atoms with Gasteiger partial charge in [-0.1, -0.05) is 31.9 Å². The lowest BCUT2D eigenvalue weighted by Crippen LogP contribution is -2.31. The maximum atomic E-state index is 10.9. The van der Waals surface area contributed by atoms with E-state index in [-0.39, 0.29) is 22.6 Å². The van der Waals surface area contributed by atoms with Crippen LogP contribution in [0.15, 0.2) is 0 Å². The molecule has 0 saturated carbocycles. The Kier molecular flexibility index (Phi) is 7.17. The molecule has 0 spiro atoms. The number of esters is 2. The van der Waals surface area contributed by atoms with Crippen molar-refractivity contribution in [3.05, 3.63) is 0 Å². The van der Waals surface area contributed by atoms with Gasteiger partial charge in [0.25, 0.3) is 0 Å². The van der Waals surface area contributed by atoms with Crippen molar-refractivity contribution in [2.45, 2.75) is 26.1 Å². The highest BCUT2D eigenvalue weighted by Crippen LogP contribution is 2.05. The quantitative estimate of drug-likeness (QED) is 0.567. The van der Waals surface area contributed by atoms with Gasteiger partial charge in [0.1, 0.15) is 22.9 Å². The van der Waals surface area contributed by atoms with Crippen LogP contribution in [0.2, 0.25) is 0 Å². The van der Waals surface area contributed by atoms with Gasteiger partial charge in [-0.15, -0.1) is 0 Å². The van der Waals surface area contributed by atoms with Gasteiger partial charge in [0.05, 0.1) is 0 Å². The van der Waals surface area contributed by atoms with Gasteiger partial charge < -0.3 is 9.47 Å². The van der Waals surface area contributed by atoms with Gasteiger partial charge in [-0.3, -0.25) is 9.59 Å². The lowest BCUT2D eigenvalue weighted by atomic mass is 10.2. The van der Waals surface area contributed by atoms with Crippen LogP contribution in [0.4, 0.5) is 0 Å². The number of carbonyl (C=O) groups is 2. The Bertz CT molecular complexity index is 186. The van der Waals surface area contributed by atoms with Crippen molar-refractivity contribution >= 4 is 43.8 Å². The Morgan fingerprint density at radius 3 is 1.50 bits per heavy atom. The zero-order valence-electron chi connectivity index (χ0n) is 7.96. The van der Waals surface area contributed by atoms with E-state index in [4.69, 9.17) is 9.47 Å². The molecule has 6 heteroatoms. The molecule has 0 saturated heterocycles. The molecule has 14 heavy (non-hydrogen) atoms. The molecule has 0 bridgehead atoms. The molecule has 0 aromatic carbocycles. The van der Waals surface area contributed by atoms with Crippen molar-refractivity contribution in [3.8, 4) is 0 Å². The smallest absolute Gasteiger partial charge is 0.316 e. The van der Waals surface area contributed by atoms with Crippen molar-refractivity contribution < 1.29 is 19.1 Å². The summed E-state index contributed by atoms with van der Waals surface area (Å²) in [5, 5.41) is 0.271. The molecule has 0 N–H and O–H groups in total. The normalized spacial score (nSPS) is 14.3. The molecular weight excluding hydrogens is 320 g/mol. The van der Waals surface area contributed by atoms with Crippen LogP contribution in [0.25, 0.3) is 0 Å². The maximum Gasteiger partial charge on any atom is 0.316 e. The molecule has 2 unspecified atom stereocenters. The van der Waals surface area contributed by atoms with Gasteiger partial charge in [-0.25, -0.2) is 0 Å². The highest BCUT2D eigenvalue weighted by atomic mass is 79.9. The van der Waals surface area contributed by atoms with Crippen molar-refractivity contribution in [1.82, 2.24) is 0 Å². The Morgan fingerprint density at radius 1 is 1.00 bits per heavy atom. The molecule has 0 heterocycles. The van der Waals surface area contributed by atoms with E-state index in [1.807, 2.05) is 0 Å². The standard InChI is InChI=1S/C8H12Br2O4/c1-5(13-7(11)3-9)6(2)14-8(12)4-10/h5-6H,3-4H2,1-2H3. The molecule has 0 aliphatic heterocycles. The average Bonchev–Trinajstić information content (AvgIpc) is 2.17. The third kappa shape index (κ3) is 5.59. The Balaban J connectivity index is 3.92. The van der Waals surface area contributed by atoms with Crippen molar-refractivity contribution in [2.24, 2.45) is 0 Å². The van der Waals surface area contributed by atoms with Crippen LogP contribution in [-0.2, 0) is 19.1 Å². The SMILES string of the molecule is CC(OC(=O)CBr)C(C)OC(=O)CBr. The largest absolute Gasteiger partial charge is 0.458 e. The monoisotopic (exact) mass is 330 g/mol. The first kappa shape index (κ1) is 13.9. The average molecular weight is 332 g/mol. The molecule has 4 nitrogen and oxygen atoms in total. The number of alkyl halides is 2. The lowest BCUT2D eigenvalue weighted by molar-refractivity contribution is -0.161. The predicted molar refractivity (Wildman–Crippen MR) is 58.7 cm³/mol. The van der Waals surface area contributed by atoms with Crippen molar-refractivity contribution in [1.29, 1.82) is 0 Å². The molecule has 0 fully saturated rings. The summed E-state index contributed by atoms with van der Waals surface area (Å²) in [6.07, 6.45) is -0.883. The second-order valence-corrected chi connectivity index (χ2v) is 3.78.